The lowest BCUT2D eigenvalue weighted by atomic mass is 10.1. The van der Waals surface area contributed by atoms with Gasteiger partial charge in [-0.25, -0.2) is 4.79 Å². The number of aryl methyl sites for hydroxylation is 1. The summed E-state index contributed by atoms with van der Waals surface area (Å²) in [4.78, 5) is 29.0. The molecule has 0 spiro atoms. The Hall–Kier alpha value is -2.90. The highest BCUT2D eigenvalue weighted by molar-refractivity contribution is 5.93. The Morgan fingerprint density at radius 3 is 2.52 bits per heavy atom. The molecular formula is C22H26N4O3. The standard InChI is InChI=1S/C22H26N4O3/c1-16-6-5-7-18(17(16)2)23-21(27)14-24-10-12-25(13-11-24)15-26-19-8-3-4-9-20(19)29-22(26)28/h3-9H,10-15H2,1-2H3,(H,23,27). The van der Waals surface area contributed by atoms with Crippen molar-refractivity contribution in [2.24, 2.45) is 0 Å². The number of nitrogens with one attached hydrogen (secondary N) is 1. The number of oxazole rings is 1. The molecule has 2 heterocycles. The van der Waals surface area contributed by atoms with Gasteiger partial charge in [0.2, 0.25) is 5.91 Å². The van der Waals surface area contributed by atoms with Gasteiger partial charge in [-0.3, -0.25) is 19.2 Å². The highest BCUT2D eigenvalue weighted by Crippen LogP contribution is 2.18. The van der Waals surface area contributed by atoms with Gasteiger partial charge < -0.3 is 9.73 Å². The predicted octanol–water partition coefficient (Wildman–Crippen LogP) is 2.43. The van der Waals surface area contributed by atoms with Crippen LogP contribution in [0.15, 0.2) is 51.7 Å². The zero-order valence-electron chi connectivity index (χ0n) is 16.9. The molecule has 0 aliphatic carbocycles. The van der Waals surface area contributed by atoms with Crippen molar-refractivity contribution in [2.75, 3.05) is 38.0 Å². The van der Waals surface area contributed by atoms with E-state index in [1.165, 1.54) is 5.56 Å². The lowest BCUT2D eigenvalue weighted by Crippen LogP contribution is -2.49. The molecule has 1 N–H and O–H groups in total. The van der Waals surface area contributed by atoms with Gasteiger partial charge in [0.25, 0.3) is 0 Å². The number of aromatic nitrogens is 1. The van der Waals surface area contributed by atoms with Gasteiger partial charge in [0, 0.05) is 31.9 Å². The summed E-state index contributed by atoms with van der Waals surface area (Å²) < 4.78 is 6.97. The first-order valence-corrected chi connectivity index (χ1v) is 9.90. The van der Waals surface area contributed by atoms with Crippen LogP contribution in [0.25, 0.3) is 11.1 Å². The van der Waals surface area contributed by atoms with Gasteiger partial charge in [-0.05, 0) is 43.2 Å². The molecule has 0 bridgehead atoms. The second-order valence-electron chi connectivity index (χ2n) is 7.59. The van der Waals surface area contributed by atoms with E-state index in [-0.39, 0.29) is 11.7 Å². The Morgan fingerprint density at radius 1 is 1.00 bits per heavy atom. The minimum Gasteiger partial charge on any atom is -0.408 e. The van der Waals surface area contributed by atoms with Crippen LogP contribution in [-0.4, -0.2) is 53.0 Å². The molecule has 3 aromatic rings. The van der Waals surface area contributed by atoms with Crippen LogP contribution in [0.2, 0.25) is 0 Å². The van der Waals surface area contributed by atoms with Crippen LogP contribution in [-0.2, 0) is 11.5 Å². The predicted molar refractivity (Wildman–Crippen MR) is 113 cm³/mol. The zero-order chi connectivity index (χ0) is 20.4. The monoisotopic (exact) mass is 394 g/mol. The third kappa shape index (κ3) is 4.26. The number of carbonyl (C=O) groups excluding carboxylic acids is 1. The molecule has 1 aliphatic heterocycles. The number of fused-ring (bicyclic) bond motifs is 1. The number of piperazine rings is 1. The van der Waals surface area contributed by atoms with Crippen LogP contribution in [0.4, 0.5) is 5.69 Å². The summed E-state index contributed by atoms with van der Waals surface area (Å²) in [6.07, 6.45) is 0. The van der Waals surface area contributed by atoms with Crippen molar-refractivity contribution in [3.63, 3.8) is 0 Å². The summed E-state index contributed by atoms with van der Waals surface area (Å²) in [6, 6.07) is 13.4. The zero-order valence-corrected chi connectivity index (χ0v) is 16.9. The third-order valence-electron chi connectivity index (χ3n) is 5.63. The highest BCUT2D eigenvalue weighted by atomic mass is 16.4. The lowest BCUT2D eigenvalue weighted by molar-refractivity contribution is -0.117. The van der Waals surface area contributed by atoms with E-state index in [9.17, 15) is 9.59 Å². The molecule has 1 amide bonds. The van der Waals surface area contributed by atoms with Crippen LogP contribution < -0.4 is 11.1 Å². The topological polar surface area (TPSA) is 70.7 Å². The number of carbonyl (C=O) groups is 1. The van der Waals surface area contributed by atoms with E-state index >= 15 is 0 Å². The molecule has 1 aromatic heterocycles. The van der Waals surface area contributed by atoms with E-state index in [0.717, 1.165) is 42.9 Å². The maximum absolute atomic E-state index is 12.4. The fraction of sp³-hybridized carbons (Fsp3) is 0.364. The van der Waals surface area contributed by atoms with E-state index < -0.39 is 0 Å². The van der Waals surface area contributed by atoms with Crippen molar-refractivity contribution in [3.05, 3.63) is 64.1 Å². The van der Waals surface area contributed by atoms with Crippen LogP contribution >= 0.6 is 0 Å². The van der Waals surface area contributed by atoms with Crippen LogP contribution in [0.3, 0.4) is 0 Å². The quantitative estimate of drug-likeness (QED) is 0.720. The smallest absolute Gasteiger partial charge is 0.408 e. The number of amides is 1. The summed E-state index contributed by atoms with van der Waals surface area (Å²) in [5, 5.41) is 3.02. The van der Waals surface area contributed by atoms with E-state index in [1.54, 1.807) is 10.6 Å². The normalized spacial score (nSPS) is 15.7. The second-order valence-corrected chi connectivity index (χ2v) is 7.59. The molecule has 1 fully saturated rings. The minimum absolute atomic E-state index is 0.00389. The number of anilines is 1. The van der Waals surface area contributed by atoms with Crippen LogP contribution in [0, 0.1) is 13.8 Å². The number of benzene rings is 2. The second kappa shape index (κ2) is 8.23. The summed E-state index contributed by atoms with van der Waals surface area (Å²) in [6.45, 7) is 8.08. The molecule has 2 aromatic carbocycles. The molecule has 29 heavy (non-hydrogen) atoms. The van der Waals surface area contributed by atoms with Crippen molar-refractivity contribution >= 4 is 22.7 Å². The van der Waals surface area contributed by atoms with Crippen molar-refractivity contribution in [2.45, 2.75) is 20.5 Å². The molecule has 152 valence electrons. The fourth-order valence-corrected chi connectivity index (χ4v) is 3.72. The molecule has 1 aliphatic rings. The van der Waals surface area contributed by atoms with Crippen molar-refractivity contribution in [1.82, 2.24) is 14.4 Å². The SMILES string of the molecule is Cc1cccc(NC(=O)CN2CCN(Cn3c(=O)oc4ccccc43)CC2)c1C. The molecule has 7 nitrogen and oxygen atoms in total. The first kappa shape index (κ1) is 19.4. The van der Waals surface area contributed by atoms with Gasteiger partial charge in [0.05, 0.1) is 18.7 Å². The fourth-order valence-electron chi connectivity index (χ4n) is 3.72. The van der Waals surface area contributed by atoms with Gasteiger partial charge in [0.15, 0.2) is 5.58 Å². The van der Waals surface area contributed by atoms with Crippen LogP contribution in [0.1, 0.15) is 11.1 Å². The van der Waals surface area contributed by atoms with Gasteiger partial charge in [0.1, 0.15) is 0 Å². The first-order chi connectivity index (χ1) is 14.0. The molecular weight excluding hydrogens is 368 g/mol. The maximum atomic E-state index is 12.4. The summed E-state index contributed by atoms with van der Waals surface area (Å²) in [7, 11) is 0. The van der Waals surface area contributed by atoms with Crippen molar-refractivity contribution in [3.8, 4) is 0 Å². The molecule has 0 atom stereocenters. The molecule has 1 saturated heterocycles. The van der Waals surface area contributed by atoms with E-state index in [4.69, 9.17) is 4.42 Å². The van der Waals surface area contributed by atoms with Gasteiger partial charge in [-0.15, -0.1) is 0 Å². The lowest BCUT2D eigenvalue weighted by Gasteiger charge is -2.34. The van der Waals surface area contributed by atoms with Gasteiger partial charge in [-0.2, -0.15) is 0 Å². The van der Waals surface area contributed by atoms with Gasteiger partial charge in [-0.1, -0.05) is 24.3 Å². The number of hydrogen-bond acceptors (Lipinski definition) is 5. The Kier molecular flexibility index (Phi) is 5.51. The molecule has 0 unspecified atom stereocenters. The highest BCUT2D eigenvalue weighted by Gasteiger charge is 2.21. The summed E-state index contributed by atoms with van der Waals surface area (Å²) in [5.41, 5.74) is 4.56. The number of rotatable bonds is 5. The first-order valence-electron chi connectivity index (χ1n) is 9.90. The summed E-state index contributed by atoms with van der Waals surface area (Å²) in [5.74, 6) is -0.328. The Labute approximate surface area is 169 Å². The number of nitrogens with zero attached hydrogens (tertiary/aromatic N) is 3. The molecule has 0 saturated carbocycles. The van der Waals surface area contributed by atoms with E-state index in [0.29, 0.717) is 18.8 Å². The van der Waals surface area contributed by atoms with Crippen molar-refractivity contribution in [1.29, 1.82) is 0 Å². The molecule has 7 heteroatoms. The van der Waals surface area contributed by atoms with Gasteiger partial charge >= 0.3 is 5.76 Å². The third-order valence-corrected chi connectivity index (χ3v) is 5.63. The number of para-hydroxylation sites is 2. The Morgan fingerprint density at radius 2 is 1.72 bits per heavy atom. The van der Waals surface area contributed by atoms with E-state index in [2.05, 4.69) is 15.1 Å². The molecule has 4 rings (SSSR count). The average molecular weight is 394 g/mol. The summed E-state index contributed by atoms with van der Waals surface area (Å²) >= 11 is 0. The Bertz CT molecular complexity index is 1080. The Balaban J connectivity index is 1.31. The maximum Gasteiger partial charge on any atom is 0.421 e. The largest absolute Gasteiger partial charge is 0.421 e. The van der Waals surface area contributed by atoms with Crippen molar-refractivity contribution < 1.29 is 9.21 Å². The average Bonchev–Trinajstić information content (AvgIpc) is 3.02. The minimum atomic E-state index is -0.332. The number of hydrogen-bond donors (Lipinski definition) is 1. The van der Waals surface area contributed by atoms with Crippen LogP contribution in [0.5, 0.6) is 0 Å². The van der Waals surface area contributed by atoms with E-state index in [1.807, 2.05) is 50.2 Å². The molecule has 0 radical (unpaired) electrons.